The van der Waals surface area contributed by atoms with E-state index in [-0.39, 0.29) is 24.2 Å². The maximum Gasteiger partial charge on any atom is 0.241 e. The number of hydrogen-bond acceptors (Lipinski definition) is 4. The molecule has 3 N–H and O–H groups in total. The number of hydrogen-bond donors (Lipinski definition) is 2. The number of nitrogens with two attached hydrogens (primary N) is 1. The van der Waals surface area contributed by atoms with Gasteiger partial charge in [-0.15, -0.1) is 12.4 Å². The molecule has 0 saturated carbocycles. The van der Waals surface area contributed by atoms with Crippen molar-refractivity contribution in [2.45, 2.75) is 18.9 Å². The first-order valence-corrected chi connectivity index (χ1v) is 7.39. The van der Waals surface area contributed by atoms with E-state index in [0.29, 0.717) is 24.7 Å². The van der Waals surface area contributed by atoms with E-state index in [1.807, 2.05) is 6.07 Å². The lowest BCUT2D eigenvalue weighted by atomic mass is 9.92. The summed E-state index contributed by atoms with van der Waals surface area (Å²) in [6.07, 6.45) is 1.66. The van der Waals surface area contributed by atoms with Crippen LogP contribution in [0.25, 0.3) is 0 Å². The molecule has 0 aliphatic carbocycles. The molecule has 1 amide bonds. The first-order valence-electron chi connectivity index (χ1n) is 6.59. The Kier molecular flexibility index (Phi) is 7.45. The van der Waals surface area contributed by atoms with Crippen molar-refractivity contribution in [1.82, 2.24) is 0 Å². The second-order valence-corrected chi connectivity index (χ2v) is 5.67. The minimum absolute atomic E-state index is 0. The molecule has 21 heavy (non-hydrogen) atoms. The third kappa shape index (κ3) is 4.85. The lowest BCUT2D eigenvalue weighted by Crippen LogP contribution is -2.44. The zero-order valence-electron chi connectivity index (χ0n) is 11.8. The van der Waals surface area contributed by atoms with Crippen molar-refractivity contribution in [2.24, 2.45) is 11.7 Å². The molecule has 1 aromatic rings. The van der Waals surface area contributed by atoms with Gasteiger partial charge in [-0.25, -0.2) is 0 Å². The number of benzene rings is 1. The van der Waals surface area contributed by atoms with Crippen LogP contribution in [-0.4, -0.2) is 32.3 Å². The van der Waals surface area contributed by atoms with Crippen LogP contribution in [0.3, 0.4) is 0 Å². The van der Waals surface area contributed by atoms with Gasteiger partial charge in [0.1, 0.15) is 5.75 Å². The summed E-state index contributed by atoms with van der Waals surface area (Å²) < 4.78 is 11.3. The highest BCUT2D eigenvalue weighted by Crippen LogP contribution is 2.28. The van der Waals surface area contributed by atoms with Crippen molar-refractivity contribution in [3.05, 3.63) is 22.7 Å². The van der Waals surface area contributed by atoms with Gasteiger partial charge in [-0.1, -0.05) is 0 Å². The largest absolute Gasteiger partial charge is 0.495 e. The maximum absolute atomic E-state index is 12.2. The van der Waals surface area contributed by atoms with Crippen LogP contribution in [0, 0.1) is 5.92 Å². The number of amides is 1. The van der Waals surface area contributed by atoms with Gasteiger partial charge < -0.3 is 20.5 Å². The summed E-state index contributed by atoms with van der Waals surface area (Å²) in [5.41, 5.74) is 6.71. The smallest absolute Gasteiger partial charge is 0.241 e. The fourth-order valence-electron chi connectivity index (χ4n) is 2.25. The van der Waals surface area contributed by atoms with Crippen LogP contribution >= 0.6 is 28.3 Å². The molecule has 0 bridgehead atoms. The summed E-state index contributed by atoms with van der Waals surface area (Å²) in [6.45, 7) is 1.36. The van der Waals surface area contributed by atoms with Crippen molar-refractivity contribution < 1.29 is 14.3 Å². The predicted octanol–water partition coefficient (Wildman–Crippen LogP) is 2.57. The normalized spacial score (nSPS) is 16.7. The highest BCUT2D eigenvalue weighted by atomic mass is 79.9. The summed E-state index contributed by atoms with van der Waals surface area (Å²) >= 11 is 3.37. The van der Waals surface area contributed by atoms with E-state index in [0.717, 1.165) is 17.3 Å². The monoisotopic (exact) mass is 378 g/mol. The van der Waals surface area contributed by atoms with E-state index < -0.39 is 6.04 Å². The minimum atomic E-state index is -0.506. The van der Waals surface area contributed by atoms with Gasteiger partial charge >= 0.3 is 0 Å². The van der Waals surface area contributed by atoms with Crippen molar-refractivity contribution in [3.63, 3.8) is 0 Å². The number of carbonyl (C=O) groups excluding carboxylic acids is 1. The summed E-state index contributed by atoms with van der Waals surface area (Å²) in [5, 5.41) is 2.84. The average molecular weight is 380 g/mol. The topological polar surface area (TPSA) is 73.6 Å². The third-order valence-corrected chi connectivity index (χ3v) is 4.15. The van der Waals surface area contributed by atoms with Gasteiger partial charge in [0.15, 0.2) is 0 Å². The van der Waals surface area contributed by atoms with Crippen LogP contribution in [0.4, 0.5) is 5.69 Å². The molecule has 0 aromatic heterocycles. The highest BCUT2D eigenvalue weighted by Gasteiger charge is 2.26. The van der Waals surface area contributed by atoms with Crippen molar-refractivity contribution >= 4 is 39.9 Å². The highest BCUT2D eigenvalue weighted by molar-refractivity contribution is 9.10. The van der Waals surface area contributed by atoms with Gasteiger partial charge in [-0.3, -0.25) is 4.79 Å². The van der Waals surface area contributed by atoms with Gasteiger partial charge in [-0.05, 0) is 46.8 Å². The van der Waals surface area contributed by atoms with Crippen molar-refractivity contribution in [2.75, 3.05) is 25.6 Å². The van der Waals surface area contributed by atoms with E-state index in [4.69, 9.17) is 15.2 Å². The number of rotatable bonds is 4. The molecule has 0 spiro atoms. The quantitative estimate of drug-likeness (QED) is 0.843. The summed E-state index contributed by atoms with van der Waals surface area (Å²) in [5.74, 6) is 0.685. The Balaban J connectivity index is 0.00000220. The number of halogens is 2. The van der Waals surface area contributed by atoms with Gasteiger partial charge in [0.05, 0.1) is 17.6 Å². The van der Waals surface area contributed by atoms with Gasteiger partial charge in [0.25, 0.3) is 0 Å². The fraction of sp³-hybridized carbons (Fsp3) is 0.500. The van der Waals surface area contributed by atoms with Gasteiger partial charge in [0.2, 0.25) is 5.91 Å². The lowest BCUT2D eigenvalue weighted by Gasteiger charge is -2.26. The molecule has 1 aliphatic heterocycles. The number of nitrogens with one attached hydrogen (secondary N) is 1. The standard InChI is InChI=1S/C14H19BrN2O3.ClH/c1-19-12-8-10(2-3-11(12)15)17-14(18)13(16)9-4-6-20-7-5-9;/h2-3,8-9,13H,4-7,16H2,1H3,(H,17,18);1H. The van der Waals surface area contributed by atoms with E-state index in [2.05, 4.69) is 21.2 Å². The van der Waals surface area contributed by atoms with E-state index in [9.17, 15) is 4.79 Å². The minimum Gasteiger partial charge on any atom is -0.495 e. The Labute approximate surface area is 139 Å². The Morgan fingerprint density at radius 1 is 1.48 bits per heavy atom. The molecule has 1 fully saturated rings. The van der Waals surface area contributed by atoms with Crippen LogP contribution in [0.5, 0.6) is 5.75 Å². The molecule has 118 valence electrons. The number of methoxy groups -OCH3 is 1. The maximum atomic E-state index is 12.2. The number of carbonyl (C=O) groups is 1. The van der Waals surface area contributed by atoms with Crippen molar-refractivity contribution in [1.29, 1.82) is 0 Å². The second kappa shape index (κ2) is 8.58. The zero-order chi connectivity index (χ0) is 14.5. The van der Waals surface area contributed by atoms with E-state index in [1.54, 1.807) is 19.2 Å². The molecule has 1 heterocycles. The second-order valence-electron chi connectivity index (χ2n) is 4.81. The van der Waals surface area contributed by atoms with Crippen LogP contribution in [0.15, 0.2) is 22.7 Å². The molecule has 1 unspecified atom stereocenters. The molecule has 7 heteroatoms. The molecular weight excluding hydrogens is 360 g/mol. The van der Waals surface area contributed by atoms with Crippen LogP contribution in [0.2, 0.25) is 0 Å². The molecule has 0 radical (unpaired) electrons. The lowest BCUT2D eigenvalue weighted by molar-refractivity contribution is -0.119. The molecule has 1 aromatic carbocycles. The Bertz CT molecular complexity index is 481. The molecular formula is C14H20BrClN2O3. The Hall–Kier alpha value is -0.820. The first-order chi connectivity index (χ1) is 9.61. The summed E-state index contributed by atoms with van der Waals surface area (Å²) in [7, 11) is 1.58. The predicted molar refractivity (Wildman–Crippen MR) is 88.1 cm³/mol. The first kappa shape index (κ1) is 18.2. The fourth-order valence-corrected chi connectivity index (χ4v) is 2.66. The van der Waals surface area contributed by atoms with Crippen LogP contribution in [0.1, 0.15) is 12.8 Å². The molecule has 2 rings (SSSR count). The Morgan fingerprint density at radius 2 is 2.14 bits per heavy atom. The SMILES string of the molecule is COc1cc(NC(=O)C(N)C2CCOCC2)ccc1Br.Cl. The summed E-state index contributed by atoms with van der Waals surface area (Å²) in [4.78, 5) is 12.2. The summed E-state index contributed by atoms with van der Waals surface area (Å²) in [6, 6.07) is 4.89. The average Bonchev–Trinajstić information content (AvgIpc) is 2.49. The third-order valence-electron chi connectivity index (χ3n) is 3.50. The van der Waals surface area contributed by atoms with Crippen molar-refractivity contribution in [3.8, 4) is 5.75 Å². The number of ether oxygens (including phenoxy) is 2. The van der Waals surface area contributed by atoms with Gasteiger partial charge in [0, 0.05) is 25.0 Å². The van der Waals surface area contributed by atoms with E-state index >= 15 is 0 Å². The number of anilines is 1. The zero-order valence-corrected chi connectivity index (χ0v) is 14.2. The van der Waals surface area contributed by atoms with Crippen LogP contribution in [-0.2, 0) is 9.53 Å². The molecule has 5 nitrogen and oxygen atoms in total. The molecule has 1 atom stereocenters. The van der Waals surface area contributed by atoms with Gasteiger partial charge in [-0.2, -0.15) is 0 Å². The molecule has 1 saturated heterocycles. The molecule has 1 aliphatic rings. The van der Waals surface area contributed by atoms with Crippen LogP contribution < -0.4 is 15.8 Å². The Morgan fingerprint density at radius 3 is 2.76 bits per heavy atom. The van der Waals surface area contributed by atoms with E-state index in [1.165, 1.54) is 0 Å².